The number of hydrogen-bond donors (Lipinski definition) is 1. The van der Waals surface area contributed by atoms with Gasteiger partial charge < -0.3 is 10.1 Å². The van der Waals surface area contributed by atoms with Gasteiger partial charge in [0.1, 0.15) is 22.2 Å². The first-order valence-corrected chi connectivity index (χ1v) is 8.57. The number of amides is 1. The van der Waals surface area contributed by atoms with Gasteiger partial charge in [0.05, 0.1) is 5.56 Å². The van der Waals surface area contributed by atoms with E-state index in [1.165, 1.54) is 49.4 Å². The highest BCUT2D eigenvalue weighted by atomic mass is 32.1. The maximum Gasteiger partial charge on any atom is 0.425 e. The lowest BCUT2D eigenvalue weighted by molar-refractivity contribution is -0.134. The van der Waals surface area contributed by atoms with Gasteiger partial charge in [0.2, 0.25) is 0 Å². The van der Waals surface area contributed by atoms with Gasteiger partial charge >= 0.3 is 6.18 Å². The van der Waals surface area contributed by atoms with Gasteiger partial charge in [-0.05, 0) is 43.3 Å². The maximum atomic E-state index is 13.6. The van der Waals surface area contributed by atoms with E-state index in [0.717, 1.165) is 6.07 Å². The molecule has 140 valence electrons. The van der Waals surface area contributed by atoms with Gasteiger partial charge in [-0.2, -0.15) is 13.2 Å². The van der Waals surface area contributed by atoms with Gasteiger partial charge in [-0.3, -0.25) is 4.79 Å². The fourth-order valence-electron chi connectivity index (χ4n) is 2.28. The zero-order valence-corrected chi connectivity index (χ0v) is 14.7. The molecule has 0 bridgehead atoms. The summed E-state index contributed by atoms with van der Waals surface area (Å²) in [7, 11) is 0. The molecule has 0 unspecified atom stereocenters. The minimum absolute atomic E-state index is 0.0913. The minimum atomic E-state index is -4.42. The number of thiophene rings is 1. The number of rotatable bonds is 4. The molecule has 0 fully saturated rings. The van der Waals surface area contributed by atoms with E-state index in [4.69, 9.17) is 4.74 Å². The molecule has 27 heavy (non-hydrogen) atoms. The highest BCUT2D eigenvalue weighted by molar-refractivity contribution is 7.12. The Balaban J connectivity index is 1.70. The van der Waals surface area contributed by atoms with Crippen molar-refractivity contribution in [3.63, 3.8) is 0 Å². The largest absolute Gasteiger partial charge is 0.456 e. The molecule has 0 saturated carbocycles. The quantitative estimate of drug-likeness (QED) is 0.530. The molecule has 0 aliphatic heterocycles. The molecule has 1 heterocycles. The van der Waals surface area contributed by atoms with Crippen molar-refractivity contribution in [1.82, 2.24) is 0 Å². The molecule has 8 heteroatoms. The molecule has 0 aliphatic carbocycles. The van der Waals surface area contributed by atoms with Crippen molar-refractivity contribution >= 4 is 22.9 Å². The van der Waals surface area contributed by atoms with Gasteiger partial charge in [0, 0.05) is 16.6 Å². The number of anilines is 1. The van der Waals surface area contributed by atoms with Crippen LogP contribution in [0.15, 0.2) is 54.6 Å². The van der Waals surface area contributed by atoms with Crippen LogP contribution in [0.1, 0.15) is 20.1 Å². The Morgan fingerprint density at radius 3 is 2.33 bits per heavy atom. The summed E-state index contributed by atoms with van der Waals surface area (Å²) in [4.78, 5) is 11.7. The Kier molecular flexibility index (Phi) is 5.18. The van der Waals surface area contributed by atoms with Crippen LogP contribution in [0.25, 0.3) is 0 Å². The van der Waals surface area contributed by atoms with Crippen LogP contribution in [0.3, 0.4) is 0 Å². The van der Waals surface area contributed by atoms with E-state index < -0.39 is 22.8 Å². The standard InChI is InChI=1S/C19H13F4NO2S/c1-11-16(10-17(27-11)19(21,22)23)26-13-8-6-12(7-9-13)24-18(25)14-4-2-3-5-15(14)20/h2-10H,1H3,(H,24,25). The lowest BCUT2D eigenvalue weighted by Gasteiger charge is -2.08. The highest BCUT2D eigenvalue weighted by Gasteiger charge is 2.33. The van der Waals surface area contributed by atoms with Crippen molar-refractivity contribution in [3.05, 3.63) is 75.7 Å². The van der Waals surface area contributed by atoms with Gasteiger partial charge in [0.15, 0.2) is 0 Å². The van der Waals surface area contributed by atoms with Crippen molar-refractivity contribution in [2.45, 2.75) is 13.1 Å². The number of carbonyl (C=O) groups is 1. The van der Waals surface area contributed by atoms with Crippen LogP contribution in [-0.4, -0.2) is 5.91 Å². The topological polar surface area (TPSA) is 38.3 Å². The molecule has 0 saturated heterocycles. The first-order valence-electron chi connectivity index (χ1n) is 7.75. The normalized spacial score (nSPS) is 11.3. The molecule has 1 amide bonds. The number of alkyl halides is 3. The summed E-state index contributed by atoms with van der Waals surface area (Å²) in [6.07, 6.45) is -4.42. The van der Waals surface area contributed by atoms with Crippen molar-refractivity contribution in [2.24, 2.45) is 0 Å². The Labute approximate surface area is 156 Å². The number of carbonyl (C=O) groups excluding carboxylic acids is 1. The van der Waals surface area contributed by atoms with Crippen LogP contribution in [0, 0.1) is 12.7 Å². The third kappa shape index (κ3) is 4.46. The Hall–Kier alpha value is -2.87. The number of nitrogens with one attached hydrogen (secondary N) is 1. The van der Waals surface area contributed by atoms with Crippen molar-refractivity contribution in [3.8, 4) is 11.5 Å². The zero-order valence-electron chi connectivity index (χ0n) is 13.9. The third-order valence-corrected chi connectivity index (χ3v) is 4.69. The number of hydrogen-bond acceptors (Lipinski definition) is 3. The predicted molar refractivity (Wildman–Crippen MR) is 94.9 cm³/mol. The van der Waals surface area contributed by atoms with E-state index in [1.807, 2.05) is 0 Å². The number of benzene rings is 2. The van der Waals surface area contributed by atoms with Gasteiger partial charge in [0.25, 0.3) is 5.91 Å². The molecule has 1 aromatic heterocycles. The van der Waals surface area contributed by atoms with E-state index in [2.05, 4.69) is 5.32 Å². The monoisotopic (exact) mass is 395 g/mol. The lowest BCUT2D eigenvalue weighted by atomic mass is 10.2. The maximum absolute atomic E-state index is 13.6. The summed E-state index contributed by atoms with van der Waals surface area (Å²) in [6.45, 7) is 1.54. The van der Waals surface area contributed by atoms with Crippen LogP contribution in [0.4, 0.5) is 23.2 Å². The second-order valence-electron chi connectivity index (χ2n) is 5.59. The number of halogens is 4. The molecule has 0 atom stereocenters. The van der Waals surface area contributed by atoms with Crippen molar-refractivity contribution in [1.29, 1.82) is 0 Å². The molecular formula is C19H13F4NO2S. The fraction of sp³-hybridized carbons (Fsp3) is 0.105. The summed E-state index contributed by atoms with van der Waals surface area (Å²) >= 11 is 0.609. The first kappa shape index (κ1) is 18.9. The van der Waals surface area contributed by atoms with Crippen molar-refractivity contribution in [2.75, 3.05) is 5.32 Å². The Morgan fingerprint density at radius 1 is 1.07 bits per heavy atom. The summed E-state index contributed by atoms with van der Waals surface area (Å²) < 4.78 is 57.4. The minimum Gasteiger partial charge on any atom is -0.456 e. The zero-order chi connectivity index (χ0) is 19.6. The molecular weight excluding hydrogens is 382 g/mol. The summed E-state index contributed by atoms with van der Waals surface area (Å²) in [6, 6.07) is 12.6. The van der Waals surface area contributed by atoms with Gasteiger partial charge in [-0.25, -0.2) is 4.39 Å². The van der Waals surface area contributed by atoms with Crippen LogP contribution in [0.2, 0.25) is 0 Å². The van der Waals surface area contributed by atoms with Crippen LogP contribution >= 0.6 is 11.3 Å². The number of ether oxygens (including phenoxy) is 1. The Morgan fingerprint density at radius 2 is 1.74 bits per heavy atom. The molecule has 3 nitrogen and oxygen atoms in total. The molecule has 3 rings (SSSR count). The number of aryl methyl sites for hydroxylation is 1. The Bertz CT molecular complexity index is 965. The third-order valence-electron chi connectivity index (χ3n) is 3.61. The highest BCUT2D eigenvalue weighted by Crippen LogP contribution is 2.41. The molecule has 2 aromatic carbocycles. The van der Waals surface area contributed by atoms with Gasteiger partial charge in [-0.15, -0.1) is 11.3 Å². The van der Waals surface area contributed by atoms with Crippen LogP contribution in [-0.2, 0) is 6.18 Å². The molecule has 0 radical (unpaired) electrons. The second-order valence-corrected chi connectivity index (χ2v) is 6.85. The SMILES string of the molecule is Cc1sc(C(F)(F)F)cc1Oc1ccc(NC(=O)c2ccccc2F)cc1. The van der Waals surface area contributed by atoms with E-state index in [1.54, 1.807) is 6.07 Å². The summed E-state index contributed by atoms with van der Waals surface area (Å²) in [5.74, 6) is -0.808. The second kappa shape index (κ2) is 7.40. The molecule has 3 aromatic rings. The molecule has 0 aliphatic rings. The van der Waals surface area contributed by atoms with Crippen LogP contribution in [0.5, 0.6) is 11.5 Å². The van der Waals surface area contributed by atoms with E-state index >= 15 is 0 Å². The predicted octanol–water partition coefficient (Wildman–Crippen LogP) is 6.26. The lowest BCUT2D eigenvalue weighted by Crippen LogP contribution is -2.13. The van der Waals surface area contributed by atoms with Crippen molar-refractivity contribution < 1.29 is 27.1 Å². The van der Waals surface area contributed by atoms with E-state index in [-0.39, 0.29) is 11.3 Å². The fourth-order valence-corrected chi connectivity index (χ4v) is 3.10. The first-order chi connectivity index (χ1) is 12.7. The summed E-state index contributed by atoms with van der Waals surface area (Å²) in [5, 5.41) is 2.54. The van der Waals surface area contributed by atoms with Crippen LogP contribution < -0.4 is 10.1 Å². The van der Waals surface area contributed by atoms with Gasteiger partial charge in [-0.1, -0.05) is 12.1 Å². The summed E-state index contributed by atoms with van der Waals surface area (Å²) in [5.41, 5.74) is 0.306. The van der Waals surface area contributed by atoms with E-state index in [0.29, 0.717) is 27.7 Å². The van der Waals surface area contributed by atoms with E-state index in [9.17, 15) is 22.4 Å². The smallest absolute Gasteiger partial charge is 0.425 e. The average Bonchev–Trinajstić information content (AvgIpc) is 2.98. The molecule has 1 N–H and O–H groups in total. The molecule has 0 spiro atoms. The average molecular weight is 395 g/mol.